The van der Waals surface area contributed by atoms with Gasteiger partial charge in [0.05, 0.1) is 12.0 Å². The molecule has 7 nitrogen and oxygen atoms in total. The number of halogens is 1. The van der Waals surface area contributed by atoms with Crippen molar-refractivity contribution in [3.63, 3.8) is 0 Å². The minimum Gasteiger partial charge on any atom is -0.389 e. The summed E-state index contributed by atoms with van der Waals surface area (Å²) in [5.74, 6) is -0.339. The average Bonchev–Trinajstić information content (AvgIpc) is 2.95. The van der Waals surface area contributed by atoms with Crippen LogP contribution in [0.5, 0.6) is 0 Å². The zero-order valence-electron chi connectivity index (χ0n) is 13.5. The second-order valence-corrected chi connectivity index (χ2v) is 6.31. The molecule has 1 aromatic heterocycles. The number of carbonyl (C=O) groups is 1. The van der Waals surface area contributed by atoms with Crippen LogP contribution in [0.25, 0.3) is 5.69 Å². The van der Waals surface area contributed by atoms with Crippen LogP contribution in [0.15, 0.2) is 18.2 Å². The van der Waals surface area contributed by atoms with Gasteiger partial charge in [0.15, 0.2) is 5.82 Å². The molecule has 1 fully saturated rings. The molecule has 0 aliphatic heterocycles. The first-order valence-electron chi connectivity index (χ1n) is 8.04. The Morgan fingerprint density at radius 1 is 1.38 bits per heavy atom. The predicted molar refractivity (Wildman–Crippen MR) is 85.1 cm³/mol. The summed E-state index contributed by atoms with van der Waals surface area (Å²) >= 11 is 0. The van der Waals surface area contributed by atoms with Crippen LogP contribution in [0.1, 0.15) is 44.3 Å². The number of benzene rings is 1. The highest BCUT2D eigenvalue weighted by atomic mass is 19.1. The number of anilines is 1. The maximum Gasteiger partial charge on any atom is 0.227 e. The van der Waals surface area contributed by atoms with Gasteiger partial charge < -0.3 is 10.4 Å². The summed E-state index contributed by atoms with van der Waals surface area (Å²) in [5.41, 5.74) is -0.338. The highest BCUT2D eigenvalue weighted by Gasteiger charge is 2.31. The van der Waals surface area contributed by atoms with Gasteiger partial charge >= 0.3 is 0 Å². The molecule has 0 saturated heterocycles. The molecular weight excluding hydrogens is 313 g/mol. The van der Waals surface area contributed by atoms with Crippen molar-refractivity contribution in [3.05, 3.63) is 29.8 Å². The molecule has 1 amide bonds. The molecule has 0 unspecified atom stereocenters. The van der Waals surface area contributed by atoms with Crippen molar-refractivity contribution in [2.24, 2.45) is 0 Å². The fourth-order valence-electron chi connectivity index (χ4n) is 3.10. The lowest BCUT2D eigenvalue weighted by molar-refractivity contribution is -0.122. The molecule has 1 aliphatic carbocycles. The van der Waals surface area contributed by atoms with E-state index >= 15 is 0 Å². The third-order valence-electron chi connectivity index (χ3n) is 4.36. The Labute approximate surface area is 138 Å². The van der Waals surface area contributed by atoms with Crippen molar-refractivity contribution in [3.8, 4) is 5.69 Å². The molecule has 1 aliphatic rings. The summed E-state index contributed by atoms with van der Waals surface area (Å²) in [5, 5.41) is 24.1. The number of carbonyl (C=O) groups excluding carboxylic acids is 1. The van der Waals surface area contributed by atoms with E-state index in [1.54, 1.807) is 6.92 Å². The van der Waals surface area contributed by atoms with Crippen molar-refractivity contribution in [1.82, 2.24) is 20.2 Å². The van der Waals surface area contributed by atoms with E-state index in [1.807, 2.05) is 0 Å². The van der Waals surface area contributed by atoms with Gasteiger partial charge in [-0.1, -0.05) is 19.3 Å². The topological polar surface area (TPSA) is 92.9 Å². The molecule has 8 heteroatoms. The third kappa shape index (κ3) is 3.59. The number of hydrogen-bond acceptors (Lipinski definition) is 5. The maximum atomic E-state index is 14.0. The minimum absolute atomic E-state index is 0.0453. The van der Waals surface area contributed by atoms with Crippen molar-refractivity contribution in [2.75, 3.05) is 5.32 Å². The summed E-state index contributed by atoms with van der Waals surface area (Å²) in [6, 6.07) is 4.20. The monoisotopic (exact) mass is 333 g/mol. The van der Waals surface area contributed by atoms with Gasteiger partial charge in [0.1, 0.15) is 11.5 Å². The Kier molecular flexibility index (Phi) is 4.57. The number of amides is 1. The van der Waals surface area contributed by atoms with Crippen LogP contribution >= 0.6 is 0 Å². The second kappa shape index (κ2) is 6.64. The molecule has 24 heavy (non-hydrogen) atoms. The van der Waals surface area contributed by atoms with E-state index in [-0.39, 0.29) is 18.0 Å². The molecule has 0 atom stereocenters. The van der Waals surface area contributed by atoms with E-state index in [0.717, 1.165) is 19.3 Å². The van der Waals surface area contributed by atoms with E-state index < -0.39 is 11.4 Å². The first-order valence-corrected chi connectivity index (χ1v) is 8.04. The quantitative estimate of drug-likeness (QED) is 0.894. The van der Waals surface area contributed by atoms with E-state index in [4.69, 9.17) is 0 Å². The summed E-state index contributed by atoms with van der Waals surface area (Å²) in [4.78, 5) is 12.2. The third-order valence-corrected chi connectivity index (χ3v) is 4.36. The number of nitrogens with zero attached hydrogens (tertiary/aromatic N) is 4. The average molecular weight is 333 g/mol. The Morgan fingerprint density at radius 2 is 2.12 bits per heavy atom. The van der Waals surface area contributed by atoms with Crippen LogP contribution in [-0.2, 0) is 4.79 Å². The summed E-state index contributed by atoms with van der Waals surface area (Å²) < 4.78 is 15.3. The Bertz CT molecular complexity index is 740. The number of hydrogen-bond donors (Lipinski definition) is 2. The van der Waals surface area contributed by atoms with Crippen molar-refractivity contribution in [2.45, 2.75) is 51.0 Å². The number of rotatable bonds is 4. The number of aromatic nitrogens is 4. The van der Waals surface area contributed by atoms with Crippen LogP contribution in [0, 0.1) is 12.7 Å². The summed E-state index contributed by atoms with van der Waals surface area (Å²) in [6.45, 7) is 1.66. The highest BCUT2D eigenvalue weighted by Crippen LogP contribution is 2.31. The van der Waals surface area contributed by atoms with Gasteiger partial charge in [0.2, 0.25) is 5.91 Å². The SMILES string of the molecule is Cc1nnnn1-c1cc(NC(=O)CC2(O)CCCCC2)ccc1F. The molecule has 128 valence electrons. The summed E-state index contributed by atoms with van der Waals surface area (Å²) in [6.07, 6.45) is 4.28. The van der Waals surface area contributed by atoms with Crippen LogP contribution < -0.4 is 5.32 Å². The number of aryl methyl sites for hydroxylation is 1. The van der Waals surface area contributed by atoms with Crippen LogP contribution in [0.2, 0.25) is 0 Å². The summed E-state index contributed by atoms with van der Waals surface area (Å²) in [7, 11) is 0. The largest absolute Gasteiger partial charge is 0.389 e. The van der Waals surface area contributed by atoms with Crippen molar-refractivity contribution < 1.29 is 14.3 Å². The molecule has 0 bridgehead atoms. The molecule has 0 spiro atoms. The Balaban J connectivity index is 1.73. The number of aliphatic hydroxyl groups is 1. The van der Waals surface area contributed by atoms with E-state index in [2.05, 4.69) is 20.8 Å². The van der Waals surface area contributed by atoms with Crippen molar-refractivity contribution >= 4 is 11.6 Å². The van der Waals surface area contributed by atoms with Gasteiger partial charge in [-0.15, -0.1) is 5.10 Å². The first kappa shape index (κ1) is 16.5. The lowest BCUT2D eigenvalue weighted by Crippen LogP contribution is -2.35. The lowest BCUT2D eigenvalue weighted by atomic mass is 9.82. The highest BCUT2D eigenvalue weighted by molar-refractivity contribution is 5.91. The van der Waals surface area contributed by atoms with Gasteiger partial charge in [-0.3, -0.25) is 4.79 Å². The van der Waals surface area contributed by atoms with Crippen LogP contribution in [-0.4, -0.2) is 36.8 Å². The smallest absolute Gasteiger partial charge is 0.227 e. The fraction of sp³-hybridized carbons (Fsp3) is 0.500. The number of tetrazole rings is 1. The fourth-order valence-corrected chi connectivity index (χ4v) is 3.10. The van der Waals surface area contributed by atoms with Crippen molar-refractivity contribution in [1.29, 1.82) is 0 Å². The zero-order valence-corrected chi connectivity index (χ0v) is 13.5. The van der Waals surface area contributed by atoms with Gasteiger partial charge in [0.25, 0.3) is 0 Å². The van der Waals surface area contributed by atoms with Gasteiger partial charge in [-0.05, 0) is 48.4 Å². The molecule has 3 rings (SSSR count). The molecule has 1 heterocycles. The van der Waals surface area contributed by atoms with E-state index in [1.165, 1.54) is 22.9 Å². The lowest BCUT2D eigenvalue weighted by Gasteiger charge is -2.31. The second-order valence-electron chi connectivity index (χ2n) is 6.31. The van der Waals surface area contributed by atoms with Gasteiger partial charge in [-0.25, -0.2) is 4.39 Å². The Hall–Kier alpha value is -2.35. The van der Waals surface area contributed by atoms with E-state index in [9.17, 15) is 14.3 Å². The van der Waals surface area contributed by atoms with Crippen LogP contribution in [0.3, 0.4) is 0 Å². The predicted octanol–water partition coefficient (Wildman–Crippen LogP) is 2.13. The zero-order chi connectivity index (χ0) is 17.2. The first-order chi connectivity index (χ1) is 11.5. The van der Waals surface area contributed by atoms with Gasteiger partial charge in [0, 0.05) is 5.69 Å². The molecule has 1 saturated carbocycles. The Morgan fingerprint density at radius 3 is 2.79 bits per heavy atom. The molecule has 2 N–H and O–H groups in total. The standard InChI is InChI=1S/C16H20FN5O2/c1-11-19-20-21-22(11)14-9-12(5-6-13(14)17)18-15(23)10-16(24)7-3-2-4-8-16/h5-6,9,24H,2-4,7-8,10H2,1H3,(H,18,23). The van der Waals surface area contributed by atoms with Crippen LogP contribution in [0.4, 0.5) is 10.1 Å². The number of nitrogens with one attached hydrogen (secondary N) is 1. The molecular formula is C16H20FN5O2. The molecule has 0 radical (unpaired) electrons. The normalized spacial score (nSPS) is 16.8. The maximum absolute atomic E-state index is 14.0. The van der Waals surface area contributed by atoms with E-state index in [0.29, 0.717) is 24.4 Å². The molecule has 1 aromatic carbocycles. The molecule has 2 aromatic rings. The van der Waals surface area contributed by atoms with Gasteiger partial charge in [-0.2, -0.15) is 4.68 Å². The minimum atomic E-state index is -0.933.